The summed E-state index contributed by atoms with van der Waals surface area (Å²) < 4.78 is 33.2. The van der Waals surface area contributed by atoms with E-state index in [4.69, 9.17) is 4.74 Å². The van der Waals surface area contributed by atoms with Crippen molar-refractivity contribution in [2.75, 3.05) is 11.3 Å². The van der Waals surface area contributed by atoms with Crippen LogP contribution in [-0.4, -0.2) is 25.9 Å². The molecule has 1 aromatic heterocycles. The predicted octanol–water partition coefficient (Wildman–Crippen LogP) is 4.51. The lowest BCUT2D eigenvalue weighted by atomic mass is 10.2. The Bertz CT molecular complexity index is 1110. The number of amides is 1. The highest BCUT2D eigenvalue weighted by Crippen LogP contribution is 2.23. The molecule has 2 N–H and O–H groups in total. The quantitative estimate of drug-likeness (QED) is 0.478. The highest BCUT2D eigenvalue weighted by Gasteiger charge is 2.14. The Labute approximate surface area is 182 Å². The normalized spacial score (nSPS) is 11.0. The van der Waals surface area contributed by atoms with Gasteiger partial charge in [0.15, 0.2) is 0 Å². The van der Waals surface area contributed by atoms with Gasteiger partial charge in [-0.3, -0.25) is 9.52 Å². The molecule has 8 heteroatoms. The van der Waals surface area contributed by atoms with Gasteiger partial charge in [0.1, 0.15) is 5.75 Å². The van der Waals surface area contributed by atoms with Gasteiger partial charge in [0.2, 0.25) is 5.88 Å². The summed E-state index contributed by atoms with van der Waals surface area (Å²) in [5.74, 6) is 0.654. The zero-order chi connectivity index (χ0) is 22.3. The van der Waals surface area contributed by atoms with Crippen LogP contribution < -0.4 is 14.8 Å². The highest BCUT2D eigenvalue weighted by atomic mass is 32.2. The van der Waals surface area contributed by atoms with E-state index in [1.165, 1.54) is 6.20 Å². The van der Waals surface area contributed by atoms with E-state index in [1.54, 1.807) is 60.7 Å². The van der Waals surface area contributed by atoms with Crippen LogP contribution in [0.25, 0.3) is 0 Å². The van der Waals surface area contributed by atoms with Gasteiger partial charge in [0, 0.05) is 24.5 Å². The maximum absolute atomic E-state index is 12.5. The van der Waals surface area contributed by atoms with Crippen LogP contribution in [0.5, 0.6) is 11.6 Å². The van der Waals surface area contributed by atoms with Crippen molar-refractivity contribution in [2.45, 2.75) is 31.6 Å². The number of ether oxygens (including phenoxy) is 1. The number of sulfonamides is 1. The fourth-order valence-corrected chi connectivity index (χ4v) is 3.76. The summed E-state index contributed by atoms with van der Waals surface area (Å²) in [6.45, 7) is 4.59. The second-order valence-corrected chi connectivity index (χ2v) is 8.72. The number of rotatable bonds is 9. The molecule has 2 aromatic carbocycles. The SMILES string of the molecule is CCCCNC(=O)c1ccc(Oc2ccc(NS(=O)(=O)c3ccc(C)cc3)cc2)nc1. The molecule has 0 unspecified atom stereocenters. The monoisotopic (exact) mass is 439 g/mol. The van der Waals surface area contributed by atoms with Crippen LogP contribution in [0.4, 0.5) is 5.69 Å². The molecule has 7 nitrogen and oxygen atoms in total. The molecule has 1 amide bonds. The number of aryl methyl sites for hydroxylation is 1. The average molecular weight is 440 g/mol. The largest absolute Gasteiger partial charge is 0.439 e. The standard InChI is InChI=1S/C23H25N3O4S/c1-3-4-15-24-23(27)18-7-14-22(25-16-18)30-20-10-8-19(9-11-20)26-31(28,29)21-12-5-17(2)6-13-21/h5-14,16,26H,3-4,15H2,1-2H3,(H,24,27). The third kappa shape index (κ3) is 6.29. The van der Waals surface area contributed by atoms with Gasteiger partial charge in [-0.1, -0.05) is 31.0 Å². The van der Waals surface area contributed by atoms with Gasteiger partial charge in [0.25, 0.3) is 15.9 Å². The number of nitrogens with zero attached hydrogens (tertiary/aromatic N) is 1. The van der Waals surface area contributed by atoms with E-state index < -0.39 is 10.0 Å². The number of hydrogen-bond acceptors (Lipinski definition) is 5. The minimum absolute atomic E-state index is 0.169. The molecule has 0 radical (unpaired) electrons. The second kappa shape index (κ2) is 10.1. The number of pyridine rings is 1. The van der Waals surface area contributed by atoms with Crippen molar-refractivity contribution in [2.24, 2.45) is 0 Å². The Morgan fingerprint density at radius 2 is 1.71 bits per heavy atom. The van der Waals surface area contributed by atoms with E-state index in [0.29, 0.717) is 29.4 Å². The summed E-state index contributed by atoms with van der Waals surface area (Å²) in [5, 5.41) is 2.83. The van der Waals surface area contributed by atoms with Crippen LogP contribution in [0, 0.1) is 6.92 Å². The minimum Gasteiger partial charge on any atom is -0.439 e. The molecule has 0 atom stereocenters. The highest BCUT2D eigenvalue weighted by molar-refractivity contribution is 7.92. The third-order valence-corrected chi connectivity index (χ3v) is 5.87. The first-order valence-electron chi connectivity index (χ1n) is 9.99. The van der Waals surface area contributed by atoms with Gasteiger partial charge in [-0.2, -0.15) is 0 Å². The Morgan fingerprint density at radius 1 is 1.00 bits per heavy atom. The minimum atomic E-state index is -3.66. The first kappa shape index (κ1) is 22.3. The Hall–Kier alpha value is -3.39. The molecule has 31 heavy (non-hydrogen) atoms. The summed E-state index contributed by atoms with van der Waals surface area (Å²) in [5.41, 5.74) is 1.86. The number of carbonyl (C=O) groups is 1. The lowest BCUT2D eigenvalue weighted by molar-refractivity contribution is 0.0952. The van der Waals surface area contributed by atoms with E-state index in [2.05, 4.69) is 21.9 Å². The lowest BCUT2D eigenvalue weighted by Crippen LogP contribution is -2.24. The summed E-state index contributed by atoms with van der Waals surface area (Å²) in [6, 6.07) is 16.4. The zero-order valence-corrected chi connectivity index (χ0v) is 18.3. The van der Waals surface area contributed by atoms with Crippen LogP contribution >= 0.6 is 0 Å². The van der Waals surface area contributed by atoms with E-state index in [0.717, 1.165) is 18.4 Å². The number of unbranched alkanes of at least 4 members (excludes halogenated alkanes) is 1. The smallest absolute Gasteiger partial charge is 0.261 e. The van der Waals surface area contributed by atoms with E-state index in [9.17, 15) is 13.2 Å². The van der Waals surface area contributed by atoms with Crippen molar-refractivity contribution in [3.63, 3.8) is 0 Å². The van der Waals surface area contributed by atoms with Gasteiger partial charge < -0.3 is 10.1 Å². The fourth-order valence-electron chi connectivity index (χ4n) is 2.70. The van der Waals surface area contributed by atoms with Crippen molar-refractivity contribution in [1.82, 2.24) is 10.3 Å². The Morgan fingerprint density at radius 3 is 2.32 bits per heavy atom. The summed E-state index contributed by atoms with van der Waals surface area (Å²) in [6.07, 6.45) is 3.40. The molecule has 0 aliphatic rings. The Kier molecular flexibility index (Phi) is 7.25. The van der Waals surface area contributed by atoms with Crippen molar-refractivity contribution in [1.29, 1.82) is 0 Å². The molecule has 1 heterocycles. The third-order valence-electron chi connectivity index (χ3n) is 4.47. The van der Waals surface area contributed by atoms with Crippen molar-refractivity contribution >= 4 is 21.6 Å². The Balaban J connectivity index is 1.60. The predicted molar refractivity (Wildman–Crippen MR) is 120 cm³/mol. The van der Waals surface area contributed by atoms with E-state index in [1.807, 2.05) is 6.92 Å². The molecule has 3 aromatic rings. The van der Waals surface area contributed by atoms with Crippen molar-refractivity contribution in [3.05, 3.63) is 78.0 Å². The maximum atomic E-state index is 12.5. The van der Waals surface area contributed by atoms with Crippen LogP contribution in [-0.2, 0) is 10.0 Å². The second-order valence-electron chi connectivity index (χ2n) is 7.04. The molecule has 3 rings (SSSR count). The topological polar surface area (TPSA) is 97.4 Å². The summed E-state index contributed by atoms with van der Waals surface area (Å²) in [7, 11) is -3.66. The van der Waals surface area contributed by atoms with E-state index >= 15 is 0 Å². The van der Waals surface area contributed by atoms with Crippen LogP contribution in [0.2, 0.25) is 0 Å². The van der Waals surface area contributed by atoms with Crippen molar-refractivity contribution < 1.29 is 17.9 Å². The van der Waals surface area contributed by atoms with Crippen LogP contribution in [0.3, 0.4) is 0 Å². The van der Waals surface area contributed by atoms with Gasteiger partial charge in [-0.15, -0.1) is 0 Å². The molecule has 0 fully saturated rings. The molecule has 0 bridgehead atoms. The number of carbonyl (C=O) groups excluding carboxylic acids is 1. The van der Waals surface area contributed by atoms with Crippen LogP contribution in [0.15, 0.2) is 71.8 Å². The molecule has 0 saturated heterocycles. The van der Waals surface area contributed by atoms with Gasteiger partial charge in [-0.05, 0) is 55.8 Å². The molecule has 162 valence electrons. The molecule has 0 aliphatic carbocycles. The number of nitrogens with one attached hydrogen (secondary N) is 2. The first-order chi connectivity index (χ1) is 14.9. The molecular formula is C23H25N3O4S. The molecule has 0 spiro atoms. The van der Waals surface area contributed by atoms with Crippen LogP contribution in [0.1, 0.15) is 35.7 Å². The number of anilines is 1. The number of benzene rings is 2. The van der Waals surface area contributed by atoms with Crippen molar-refractivity contribution in [3.8, 4) is 11.6 Å². The molecular weight excluding hydrogens is 414 g/mol. The number of hydrogen-bond donors (Lipinski definition) is 2. The van der Waals surface area contributed by atoms with E-state index in [-0.39, 0.29) is 10.8 Å². The molecule has 0 saturated carbocycles. The average Bonchev–Trinajstić information content (AvgIpc) is 2.76. The maximum Gasteiger partial charge on any atom is 0.261 e. The number of aromatic nitrogens is 1. The zero-order valence-electron chi connectivity index (χ0n) is 17.5. The molecule has 0 aliphatic heterocycles. The summed E-state index contributed by atoms with van der Waals surface area (Å²) in [4.78, 5) is 16.4. The van der Waals surface area contributed by atoms with Gasteiger partial charge in [0.05, 0.1) is 10.5 Å². The van der Waals surface area contributed by atoms with Gasteiger partial charge in [-0.25, -0.2) is 13.4 Å². The summed E-state index contributed by atoms with van der Waals surface area (Å²) >= 11 is 0. The first-order valence-corrected chi connectivity index (χ1v) is 11.5. The van der Waals surface area contributed by atoms with Gasteiger partial charge >= 0.3 is 0 Å². The fraction of sp³-hybridized carbons (Fsp3) is 0.217. The lowest BCUT2D eigenvalue weighted by Gasteiger charge is -2.10.